The van der Waals surface area contributed by atoms with Crippen LogP contribution in [0.5, 0.6) is 0 Å². The molecule has 4 aromatic rings. The molecule has 0 atom stereocenters. The van der Waals surface area contributed by atoms with Crippen molar-refractivity contribution in [1.29, 1.82) is 0 Å². The molecule has 0 spiro atoms. The number of imidazole rings is 1. The number of hydrogen-bond acceptors (Lipinski definition) is 5. The van der Waals surface area contributed by atoms with Gasteiger partial charge in [-0.25, -0.2) is 15.0 Å². The Labute approximate surface area is 175 Å². The summed E-state index contributed by atoms with van der Waals surface area (Å²) in [7, 11) is 0. The Bertz CT molecular complexity index is 1140. The largest absolute Gasteiger partial charge is 0.296 e. The van der Waals surface area contributed by atoms with Gasteiger partial charge in [-0.15, -0.1) is 11.3 Å². The fraction of sp³-hybridized carbons (Fsp3) is 0.348. The Hall–Kier alpha value is -2.57. The third kappa shape index (κ3) is 3.58. The monoisotopic (exact) mass is 403 g/mol. The van der Waals surface area contributed by atoms with E-state index in [0.717, 1.165) is 52.8 Å². The summed E-state index contributed by atoms with van der Waals surface area (Å²) in [6, 6.07) is 10.3. The summed E-state index contributed by atoms with van der Waals surface area (Å²) in [5.74, 6) is 1.85. The lowest BCUT2D eigenvalue weighted by molar-refractivity contribution is 0.216. The predicted molar refractivity (Wildman–Crippen MR) is 119 cm³/mol. The predicted octanol–water partition coefficient (Wildman–Crippen LogP) is 5.15. The second-order valence-electron chi connectivity index (χ2n) is 7.80. The van der Waals surface area contributed by atoms with E-state index in [-0.39, 0.29) is 0 Å². The van der Waals surface area contributed by atoms with Crippen LogP contribution in [0.2, 0.25) is 0 Å². The normalized spacial score (nSPS) is 15.2. The number of aromatic nitrogens is 4. The van der Waals surface area contributed by atoms with Gasteiger partial charge >= 0.3 is 0 Å². The van der Waals surface area contributed by atoms with Crippen molar-refractivity contribution in [2.75, 3.05) is 13.1 Å². The van der Waals surface area contributed by atoms with Gasteiger partial charge in [-0.2, -0.15) is 0 Å². The van der Waals surface area contributed by atoms with Crippen LogP contribution in [-0.4, -0.2) is 37.5 Å². The minimum Gasteiger partial charge on any atom is -0.296 e. The zero-order valence-corrected chi connectivity index (χ0v) is 17.7. The molecule has 0 bridgehead atoms. The number of piperidine rings is 1. The number of benzene rings is 1. The molecule has 3 aromatic heterocycles. The molecular formula is C23H25N5S. The second-order valence-corrected chi connectivity index (χ2v) is 9.00. The van der Waals surface area contributed by atoms with E-state index in [1.807, 2.05) is 24.5 Å². The molecule has 6 heteroatoms. The van der Waals surface area contributed by atoms with Crippen LogP contribution in [0.15, 0.2) is 42.9 Å². The summed E-state index contributed by atoms with van der Waals surface area (Å²) in [5.41, 5.74) is 3.34. The van der Waals surface area contributed by atoms with Crippen molar-refractivity contribution in [3.8, 4) is 17.1 Å². The average Bonchev–Trinajstić information content (AvgIpc) is 3.34. The van der Waals surface area contributed by atoms with Crippen LogP contribution >= 0.6 is 11.3 Å². The fourth-order valence-electron chi connectivity index (χ4n) is 4.04. The van der Waals surface area contributed by atoms with Crippen LogP contribution in [0, 0.1) is 13.8 Å². The van der Waals surface area contributed by atoms with Gasteiger partial charge in [-0.3, -0.25) is 9.47 Å². The summed E-state index contributed by atoms with van der Waals surface area (Å²) in [6.07, 6.45) is 7.83. The van der Waals surface area contributed by atoms with E-state index in [4.69, 9.17) is 9.97 Å². The van der Waals surface area contributed by atoms with Gasteiger partial charge in [0.2, 0.25) is 0 Å². The number of nitrogens with zero attached hydrogens (tertiary/aromatic N) is 5. The van der Waals surface area contributed by atoms with E-state index < -0.39 is 0 Å². The van der Waals surface area contributed by atoms with Crippen LogP contribution < -0.4 is 0 Å². The van der Waals surface area contributed by atoms with E-state index in [1.54, 1.807) is 11.3 Å². The van der Waals surface area contributed by atoms with Crippen molar-refractivity contribution in [3.05, 3.63) is 59.1 Å². The van der Waals surface area contributed by atoms with Gasteiger partial charge in [-0.05, 0) is 45.3 Å². The number of rotatable bonds is 4. The zero-order valence-electron chi connectivity index (χ0n) is 16.9. The van der Waals surface area contributed by atoms with Gasteiger partial charge < -0.3 is 0 Å². The molecule has 0 radical (unpaired) electrons. The number of hydrogen-bond donors (Lipinski definition) is 0. The minimum absolute atomic E-state index is 0.819. The molecule has 1 aromatic carbocycles. The van der Waals surface area contributed by atoms with Crippen molar-refractivity contribution in [1.82, 2.24) is 24.4 Å². The first kappa shape index (κ1) is 18.5. The molecule has 1 aliphatic rings. The van der Waals surface area contributed by atoms with Crippen molar-refractivity contribution >= 4 is 21.6 Å². The average molecular weight is 404 g/mol. The molecule has 4 heterocycles. The fourth-order valence-corrected chi connectivity index (χ4v) is 5.09. The maximum Gasteiger partial charge on any atom is 0.150 e. The first-order valence-electron chi connectivity index (χ1n) is 10.3. The van der Waals surface area contributed by atoms with Crippen molar-refractivity contribution < 1.29 is 0 Å². The SMILES string of the molecule is Cc1sc2nc(CN3CCCCC3)nc(-n3cnc(-c4ccccc4)c3)c2c1C. The number of likely N-dealkylation sites (tertiary alicyclic amines) is 1. The van der Waals surface area contributed by atoms with Gasteiger partial charge in [0.05, 0.1) is 17.6 Å². The smallest absolute Gasteiger partial charge is 0.150 e. The second kappa shape index (κ2) is 7.69. The molecule has 148 valence electrons. The Kier molecular flexibility index (Phi) is 4.89. The Balaban J connectivity index is 1.59. The Morgan fingerprint density at radius 3 is 2.59 bits per heavy atom. The highest BCUT2D eigenvalue weighted by atomic mass is 32.1. The topological polar surface area (TPSA) is 46.8 Å². The highest BCUT2D eigenvalue weighted by Gasteiger charge is 2.19. The van der Waals surface area contributed by atoms with Crippen LogP contribution in [-0.2, 0) is 6.54 Å². The van der Waals surface area contributed by atoms with Crippen molar-refractivity contribution in [2.24, 2.45) is 0 Å². The Morgan fingerprint density at radius 2 is 1.79 bits per heavy atom. The van der Waals surface area contributed by atoms with Gasteiger partial charge in [0, 0.05) is 16.6 Å². The van der Waals surface area contributed by atoms with Gasteiger partial charge in [0.15, 0.2) is 5.82 Å². The van der Waals surface area contributed by atoms with Crippen molar-refractivity contribution in [3.63, 3.8) is 0 Å². The highest BCUT2D eigenvalue weighted by molar-refractivity contribution is 7.18. The highest BCUT2D eigenvalue weighted by Crippen LogP contribution is 2.33. The lowest BCUT2D eigenvalue weighted by Gasteiger charge is -2.25. The summed E-state index contributed by atoms with van der Waals surface area (Å²) < 4.78 is 2.06. The third-order valence-corrected chi connectivity index (χ3v) is 6.87. The quantitative estimate of drug-likeness (QED) is 0.473. The molecule has 0 aliphatic carbocycles. The summed E-state index contributed by atoms with van der Waals surface area (Å²) in [6.45, 7) is 7.43. The van der Waals surface area contributed by atoms with Crippen LogP contribution in [0.4, 0.5) is 0 Å². The molecule has 1 saturated heterocycles. The lowest BCUT2D eigenvalue weighted by Crippen LogP contribution is -2.30. The molecule has 0 amide bonds. The number of aryl methyl sites for hydroxylation is 2. The van der Waals surface area contributed by atoms with E-state index in [0.29, 0.717) is 0 Å². The molecular weight excluding hydrogens is 378 g/mol. The van der Waals surface area contributed by atoms with Crippen LogP contribution in [0.3, 0.4) is 0 Å². The standard InChI is InChI=1S/C23H25N5S/c1-16-17(2)29-23-21(16)22(25-20(26-23)14-27-11-7-4-8-12-27)28-13-19(24-15-28)18-9-5-3-6-10-18/h3,5-6,9-10,13,15H,4,7-8,11-12,14H2,1-2H3. The number of thiophene rings is 1. The van der Waals surface area contributed by atoms with E-state index in [2.05, 4.69) is 46.6 Å². The summed E-state index contributed by atoms with van der Waals surface area (Å²) in [4.78, 5) is 19.5. The zero-order chi connectivity index (χ0) is 19.8. The summed E-state index contributed by atoms with van der Waals surface area (Å²) >= 11 is 1.76. The molecule has 5 nitrogen and oxygen atoms in total. The molecule has 0 unspecified atom stereocenters. The van der Waals surface area contributed by atoms with E-state index in [9.17, 15) is 0 Å². The molecule has 0 N–H and O–H groups in total. The third-order valence-electron chi connectivity index (χ3n) is 5.77. The van der Waals surface area contributed by atoms with Crippen LogP contribution in [0.25, 0.3) is 27.3 Å². The first-order valence-corrected chi connectivity index (χ1v) is 11.1. The van der Waals surface area contributed by atoms with Gasteiger partial charge in [0.1, 0.15) is 17.0 Å². The maximum atomic E-state index is 5.02. The maximum absolute atomic E-state index is 5.02. The Morgan fingerprint density at radius 1 is 1.00 bits per heavy atom. The molecule has 29 heavy (non-hydrogen) atoms. The number of fused-ring (bicyclic) bond motifs is 1. The van der Waals surface area contributed by atoms with Crippen molar-refractivity contribution in [2.45, 2.75) is 39.7 Å². The van der Waals surface area contributed by atoms with E-state index in [1.165, 1.54) is 29.7 Å². The molecule has 1 fully saturated rings. The lowest BCUT2D eigenvalue weighted by atomic mass is 10.1. The molecule has 0 saturated carbocycles. The first-order chi connectivity index (χ1) is 14.2. The van der Waals surface area contributed by atoms with E-state index >= 15 is 0 Å². The molecule has 5 rings (SSSR count). The van der Waals surface area contributed by atoms with Gasteiger partial charge in [-0.1, -0.05) is 36.8 Å². The van der Waals surface area contributed by atoms with Gasteiger partial charge in [0.25, 0.3) is 0 Å². The minimum atomic E-state index is 0.819. The molecule has 1 aliphatic heterocycles. The summed E-state index contributed by atoms with van der Waals surface area (Å²) in [5, 5.41) is 1.15. The van der Waals surface area contributed by atoms with Crippen LogP contribution in [0.1, 0.15) is 35.5 Å².